The van der Waals surface area contributed by atoms with Crippen molar-refractivity contribution in [2.45, 2.75) is 34.1 Å². The Morgan fingerprint density at radius 3 is 2.35 bits per heavy atom. The standard InChI is InChI=1S/C27H24N3.Ir/c1-5-21-12-7-11-20(4)26(21)30-17-24(16-28)29-27(30)23-14-8-13-22(15-23)25-18(2)9-6-10-19(25)3;/h6-13,15,17H,5H2,1-4H3;/q-1;. The molecule has 1 heterocycles. The molecule has 0 saturated carbocycles. The van der Waals surface area contributed by atoms with Crippen LogP contribution in [0.15, 0.2) is 60.8 Å². The van der Waals surface area contributed by atoms with Gasteiger partial charge in [0.2, 0.25) is 0 Å². The summed E-state index contributed by atoms with van der Waals surface area (Å²) < 4.78 is 2.05. The van der Waals surface area contributed by atoms with Crippen molar-refractivity contribution in [1.29, 1.82) is 5.26 Å². The van der Waals surface area contributed by atoms with Gasteiger partial charge in [0.25, 0.3) is 0 Å². The number of aryl methyl sites for hydroxylation is 4. The minimum absolute atomic E-state index is 0. The predicted molar refractivity (Wildman–Crippen MR) is 122 cm³/mol. The van der Waals surface area contributed by atoms with Crippen LogP contribution in [0.3, 0.4) is 0 Å². The Kier molecular flexibility index (Phi) is 6.90. The number of imidazole rings is 1. The third-order valence-corrected chi connectivity index (χ3v) is 5.58. The largest absolute Gasteiger partial charge is 0.338 e. The van der Waals surface area contributed by atoms with Gasteiger partial charge in [-0.3, -0.25) is 4.98 Å². The Balaban J connectivity index is 0.00000272. The third-order valence-electron chi connectivity index (χ3n) is 5.58. The Hall–Kier alpha value is -2.99. The van der Waals surface area contributed by atoms with E-state index in [9.17, 15) is 5.26 Å². The number of hydrogen-bond acceptors (Lipinski definition) is 2. The zero-order valence-electron chi connectivity index (χ0n) is 18.2. The fourth-order valence-corrected chi connectivity index (χ4v) is 4.17. The molecule has 4 rings (SSSR count). The molecule has 0 bridgehead atoms. The maximum atomic E-state index is 9.53. The first-order valence-electron chi connectivity index (χ1n) is 10.2. The van der Waals surface area contributed by atoms with Gasteiger partial charge in [0.15, 0.2) is 0 Å². The Morgan fingerprint density at radius 2 is 1.68 bits per heavy atom. The second-order valence-electron chi connectivity index (χ2n) is 7.63. The summed E-state index contributed by atoms with van der Waals surface area (Å²) in [5.41, 5.74) is 9.59. The van der Waals surface area contributed by atoms with Crippen molar-refractivity contribution in [2.24, 2.45) is 0 Å². The molecule has 0 fully saturated rings. The molecule has 0 spiro atoms. The Labute approximate surface area is 197 Å². The Bertz CT molecular complexity index is 1260. The van der Waals surface area contributed by atoms with Crippen LogP contribution in [0.25, 0.3) is 28.2 Å². The predicted octanol–water partition coefficient (Wildman–Crippen LogP) is 6.36. The van der Waals surface area contributed by atoms with Crippen LogP contribution in [0.1, 0.15) is 34.9 Å². The van der Waals surface area contributed by atoms with Crippen LogP contribution in [-0.4, -0.2) is 9.55 Å². The molecule has 4 aromatic rings. The number of nitriles is 1. The van der Waals surface area contributed by atoms with E-state index in [0.29, 0.717) is 5.69 Å². The minimum Gasteiger partial charge on any atom is -0.338 e. The van der Waals surface area contributed by atoms with Gasteiger partial charge in [0.05, 0.1) is 5.82 Å². The minimum atomic E-state index is 0. The van der Waals surface area contributed by atoms with E-state index in [1.54, 1.807) is 0 Å². The average Bonchev–Trinajstić information content (AvgIpc) is 3.17. The van der Waals surface area contributed by atoms with Gasteiger partial charge < -0.3 is 4.57 Å². The normalized spacial score (nSPS) is 10.4. The van der Waals surface area contributed by atoms with Crippen molar-refractivity contribution in [1.82, 2.24) is 9.55 Å². The van der Waals surface area contributed by atoms with Gasteiger partial charge in [-0.05, 0) is 55.0 Å². The monoisotopic (exact) mass is 583 g/mol. The third kappa shape index (κ3) is 4.26. The summed E-state index contributed by atoms with van der Waals surface area (Å²) in [5.74, 6) is 0.739. The first kappa shape index (κ1) is 22.7. The fourth-order valence-electron chi connectivity index (χ4n) is 4.17. The molecular weight excluding hydrogens is 559 g/mol. The number of rotatable bonds is 4. The second-order valence-corrected chi connectivity index (χ2v) is 7.63. The van der Waals surface area contributed by atoms with E-state index < -0.39 is 0 Å². The van der Waals surface area contributed by atoms with Gasteiger partial charge in [-0.25, -0.2) is 0 Å². The van der Waals surface area contributed by atoms with Gasteiger partial charge >= 0.3 is 0 Å². The van der Waals surface area contributed by atoms with Gasteiger partial charge in [-0.1, -0.05) is 43.3 Å². The van der Waals surface area contributed by atoms with E-state index in [4.69, 9.17) is 0 Å². The van der Waals surface area contributed by atoms with Crippen LogP contribution in [0.4, 0.5) is 0 Å². The number of nitrogens with zero attached hydrogens (tertiary/aromatic N) is 3. The quantitative estimate of drug-likeness (QED) is 0.263. The van der Waals surface area contributed by atoms with Gasteiger partial charge in [-0.15, -0.1) is 35.4 Å². The van der Waals surface area contributed by atoms with Crippen molar-refractivity contribution in [2.75, 3.05) is 0 Å². The topological polar surface area (TPSA) is 41.6 Å². The second kappa shape index (κ2) is 9.43. The molecule has 0 amide bonds. The number of benzene rings is 3. The summed E-state index contributed by atoms with van der Waals surface area (Å²) in [6.45, 7) is 8.51. The summed E-state index contributed by atoms with van der Waals surface area (Å²) in [6.07, 6.45) is 2.74. The van der Waals surface area contributed by atoms with Crippen LogP contribution >= 0.6 is 0 Å². The van der Waals surface area contributed by atoms with E-state index in [0.717, 1.165) is 34.6 Å². The molecule has 157 valence electrons. The molecular formula is C27H24IrN3-. The van der Waals surface area contributed by atoms with Crippen LogP contribution in [0.2, 0.25) is 0 Å². The molecule has 31 heavy (non-hydrogen) atoms. The van der Waals surface area contributed by atoms with Gasteiger partial charge in [0.1, 0.15) is 11.8 Å². The zero-order valence-corrected chi connectivity index (χ0v) is 20.6. The summed E-state index contributed by atoms with van der Waals surface area (Å²) >= 11 is 0. The maximum Gasteiger partial charge on any atom is 0.148 e. The first-order valence-corrected chi connectivity index (χ1v) is 10.2. The van der Waals surface area contributed by atoms with Crippen LogP contribution in [-0.2, 0) is 26.5 Å². The SMILES string of the molecule is CCc1cccc(C)c1-n1cc(C#N)nc1-c1[c-]ccc(-c2c(C)cccc2C)c1.[Ir]. The molecule has 1 radical (unpaired) electrons. The molecule has 0 atom stereocenters. The summed E-state index contributed by atoms with van der Waals surface area (Å²) in [6, 6.07) is 24.4. The molecule has 0 aliphatic carbocycles. The molecule has 0 saturated heterocycles. The number of para-hydroxylation sites is 1. The molecule has 4 heteroatoms. The smallest absolute Gasteiger partial charge is 0.148 e. The molecule has 0 aliphatic rings. The van der Waals surface area contributed by atoms with E-state index >= 15 is 0 Å². The zero-order chi connectivity index (χ0) is 21.3. The summed E-state index contributed by atoms with van der Waals surface area (Å²) in [7, 11) is 0. The van der Waals surface area contributed by atoms with E-state index in [1.807, 2.05) is 16.8 Å². The average molecular weight is 583 g/mol. The fraction of sp³-hybridized carbons (Fsp3) is 0.185. The van der Waals surface area contributed by atoms with Crippen molar-refractivity contribution in [3.05, 3.63) is 94.8 Å². The molecule has 0 aliphatic heterocycles. The van der Waals surface area contributed by atoms with Crippen molar-refractivity contribution in [3.8, 4) is 34.3 Å². The first-order chi connectivity index (χ1) is 14.5. The molecule has 3 aromatic carbocycles. The van der Waals surface area contributed by atoms with E-state index in [2.05, 4.69) is 93.3 Å². The summed E-state index contributed by atoms with van der Waals surface area (Å²) in [4.78, 5) is 4.64. The number of hydrogen-bond donors (Lipinski definition) is 0. The van der Waals surface area contributed by atoms with Crippen LogP contribution in [0, 0.1) is 38.2 Å². The van der Waals surface area contributed by atoms with Gasteiger partial charge in [-0.2, -0.15) is 5.26 Å². The summed E-state index contributed by atoms with van der Waals surface area (Å²) in [5, 5.41) is 9.53. The maximum absolute atomic E-state index is 9.53. The van der Waals surface area contributed by atoms with Crippen molar-refractivity contribution >= 4 is 0 Å². The van der Waals surface area contributed by atoms with E-state index in [-0.39, 0.29) is 20.1 Å². The van der Waals surface area contributed by atoms with Crippen LogP contribution in [0.5, 0.6) is 0 Å². The number of aromatic nitrogens is 2. The van der Waals surface area contributed by atoms with Crippen molar-refractivity contribution < 1.29 is 20.1 Å². The Morgan fingerprint density at radius 1 is 1.00 bits per heavy atom. The molecule has 0 unspecified atom stereocenters. The molecule has 3 nitrogen and oxygen atoms in total. The van der Waals surface area contributed by atoms with E-state index in [1.165, 1.54) is 22.3 Å². The molecule has 0 N–H and O–H groups in total. The van der Waals surface area contributed by atoms with Crippen LogP contribution < -0.4 is 0 Å². The molecule has 1 aromatic heterocycles. The van der Waals surface area contributed by atoms with Crippen molar-refractivity contribution in [3.63, 3.8) is 0 Å². The van der Waals surface area contributed by atoms with Gasteiger partial charge in [0, 0.05) is 32.0 Å².